The van der Waals surface area contributed by atoms with E-state index in [0.29, 0.717) is 6.04 Å². The van der Waals surface area contributed by atoms with Gasteiger partial charge in [0, 0.05) is 10.6 Å². The molecule has 0 aromatic carbocycles. The highest BCUT2D eigenvalue weighted by Crippen LogP contribution is 2.26. The van der Waals surface area contributed by atoms with E-state index in [1.807, 2.05) is 23.1 Å². The van der Waals surface area contributed by atoms with E-state index in [-0.39, 0.29) is 0 Å². The maximum Gasteiger partial charge on any atom is 0.0506 e. The third kappa shape index (κ3) is 3.30. The molecular formula is C11H19NS2. The Bertz CT molecular complexity index is 258. The number of thiophene rings is 1. The number of nitrogens with one attached hydrogen (secondary N) is 1. The summed E-state index contributed by atoms with van der Waals surface area (Å²) in [5, 5.41) is 5.57. The van der Waals surface area contributed by atoms with Crippen molar-refractivity contribution in [3.63, 3.8) is 0 Å². The fourth-order valence-electron chi connectivity index (χ4n) is 1.38. The molecule has 1 atom stereocenters. The average molecular weight is 229 g/mol. The second kappa shape index (κ2) is 6.49. The lowest BCUT2D eigenvalue weighted by Gasteiger charge is -2.15. The average Bonchev–Trinajstić information content (AvgIpc) is 2.60. The standard InChI is InChI=1S/C11H19NS2/c1-4-6-13-8-10(12-3)11-9(2)5-7-14-11/h5,7,10,12H,4,6,8H2,1-3H3. The van der Waals surface area contributed by atoms with Gasteiger partial charge in [-0.2, -0.15) is 11.8 Å². The van der Waals surface area contributed by atoms with E-state index < -0.39 is 0 Å². The molecule has 0 saturated heterocycles. The molecule has 3 heteroatoms. The van der Waals surface area contributed by atoms with Gasteiger partial charge in [0.25, 0.3) is 0 Å². The quantitative estimate of drug-likeness (QED) is 0.750. The highest BCUT2D eigenvalue weighted by atomic mass is 32.2. The molecule has 0 saturated carbocycles. The molecule has 14 heavy (non-hydrogen) atoms. The van der Waals surface area contributed by atoms with Gasteiger partial charge in [0.05, 0.1) is 6.04 Å². The van der Waals surface area contributed by atoms with E-state index in [2.05, 4.69) is 37.7 Å². The predicted octanol–water partition coefficient (Wildman–Crippen LogP) is 3.46. The molecule has 80 valence electrons. The maximum atomic E-state index is 3.39. The lowest BCUT2D eigenvalue weighted by Crippen LogP contribution is -2.18. The van der Waals surface area contributed by atoms with Crippen LogP contribution in [0.4, 0.5) is 0 Å². The van der Waals surface area contributed by atoms with Crippen LogP contribution in [-0.2, 0) is 0 Å². The van der Waals surface area contributed by atoms with Gasteiger partial charge < -0.3 is 5.32 Å². The third-order valence-corrected chi connectivity index (χ3v) is 4.60. The van der Waals surface area contributed by atoms with E-state index in [0.717, 1.165) is 0 Å². The molecule has 1 rings (SSSR count). The van der Waals surface area contributed by atoms with Crippen molar-refractivity contribution in [1.82, 2.24) is 5.32 Å². The molecule has 1 aromatic heterocycles. The Morgan fingerprint density at radius 2 is 2.36 bits per heavy atom. The topological polar surface area (TPSA) is 12.0 Å². The molecule has 0 amide bonds. The minimum absolute atomic E-state index is 0.534. The van der Waals surface area contributed by atoms with Crippen molar-refractivity contribution >= 4 is 23.1 Å². The molecule has 0 aliphatic carbocycles. The Kier molecular flexibility index (Phi) is 5.60. The van der Waals surface area contributed by atoms with Crippen LogP contribution in [0.1, 0.15) is 29.8 Å². The first-order valence-electron chi connectivity index (χ1n) is 5.08. The normalized spacial score (nSPS) is 13.1. The smallest absolute Gasteiger partial charge is 0.0506 e. The second-order valence-electron chi connectivity index (χ2n) is 3.38. The molecule has 0 fully saturated rings. The van der Waals surface area contributed by atoms with E-state index in [1.54, 1.807) is 0 Å². The second-order valence-corrected chi connectivity index (χ2v) is 5.48. The Hall–Kier alpha value is 0.0100. The number of thioether (sulfide) groups is 1. The van der Waals surface area contributed by atoms with Crippen molar-refractivity contribution in [2.75, 3.05) is 18.6 Å². The van der Waals surface area contributed by atoms with Gasteiger partial charge in [-0.05, 0) is 43.2 Å². The molecule has 0 spiro atoms. The van der Waals surface area contributed by atoms with Crippen molar-refractivity contribution < 1.29 is 0 Å². The summed E-state index contributed by atoms with van der Waals surface area (Å²) in [6.07, 6.45) is 1.27. The molecule has 0 radical (unpaired) electrons. The first-order chi connectivity index (χ1) is 6.79. The van der Waals surface area contributed by atoms with Crippen LogP contribution in [0.15, 0.2) is 11.4 Å². The summed E-state index contributed by atoms with van der Waals surface area (Å²) in [6, 6.07) is 2.74. The molecule has 0 bridgehead atoms. The van der Waals surface area contributed by atoms with Gasteiger partial charge in [0.15, 0.2) is 0 Å². The highest BCUT2D eigenvalue weighted by molar-refractivity contribution is 7.99. The largest absolute Gasteiger partial charge is 0.312 e. The van der Waals surface area contributed by atoms with Crippen molar-refractivity contribution in [3.8, 4) is 0 Å². The van der Waals surface area contributed by atoms with E-state index >= 15 is 0 Å². The minimum atomic E-state index is 0.534. The fourth-order valence-corrected chi connectivity index (χ4v) is 3.55. The van der Waals surface area contributed by atoms with Crippen molar-refractivity contribution in [2.45, 2.75) is 26.3 Å². The van der Waals surface area contributed by atoms with Gasteiger partial charge >= 0.3 is 0 Å². The van der Waals surface area contributed by atoms with E-state index in [1.165, 1.54) is 28.4 Å². The van der Waals surface area contributed by atoms with Crippen LogP contribution >= 0.6 is 23.1 Å². The zero-order valence-electron chi connectivity index (χ0n) is 9.17. The van der Waals surface area contributed by atoms with Crippen LogP contribution < -0.4 is 5.32 Å². The number of rotatable bonds is 6. The van der Waals surface area contributed by atoms with Crippen LogP contribution in [0, 0.1) is 6.92 Å². The Morgan fingerprint density at radius 1 is 1.57 bits per heavy atom. The fraction of sp³-hybridized carbons (Fsp3) is 0.636. The minimum Gasteiger partial charge on any atom is -0.312 e. The molecule has 1 N–H and O–H groups in total. The molecule has 1 heterocycles. The van der Waals surface area contributed by atoms with E-state index in [9.17, 15) is 0 Å². The zero-order chi connectivity index (χ0) is 10.4. The van der Waals surface area contributed by atoms with Gasteiger partial charge in [-0.25, -0.2) is 0 Å². The van der Waals surface area contributed by atoms with Gasteiger partial charge in [-0.15, -0.1) is 11.3 Å². The van der Waals surface area contributed by atoms with Crippen molar-refractivity contribution in [3.05, 3.63) is 21.9 Å². The number of hydrogen-bond acceptors (Lipinski definition) is 3. The highest BCUT2D eigenvalue weighted by Gasteiger charge is 2.12. The predicted molar refractivity (Wildman–Crippen MR) is 68.5 cm³/mol. The van der Waals surface area contributed by atoms with Gasteiger partial charge in [0.2, 0.25) is 0 Å². The molecule has 0 aliphatic rings. The van der Waals surface area contributed by atoms with Crippen LogP contribution in [0.3, 0.4) is 0 Å². The summed E-state index contributed by atoms with van der Waals surface area (Å²) in [6.45, 7) is 4.43. The summed E-state index contributed by atoms with van der Waals surface area (Å²) in [5.74, 6) is 2.45. The van der Waals surface area contributed by atoms with Crippen LogP contribution in [-0.4, -0.2) is 18.6 Å². The molecule has 0 aliphatic heterocycles. The Balaban J connectivity index is 2.50. The lowest BCUT2D eigenvalue weighted by molar-refractivity contribution is 0.670. The molecule has 1 nitrogen and oxygen atoms in total. The molecular weight excluding hydrogens is 210 g/mol. The van der Waals surface area contributed by atoms with Crippen LogP contribution in [0.25, 0.3) is 0 Å². The van der Waals surface area contributed by atoms with E-state index in [4.69, 9.17) is 0 Å². The maximum absolute atomic E-state index is 3.39. The zero-order valence-corrected chi connectivity index (χ0v) is 10.8. The van der Waals surface area contributed by atoms with Crippen LogP contribution in [0.2, 0.25) is 0 Å². The van der Waals surface area contributed by atoms with Crippen LogP contribution in [0.5, 0.6) is 0 Å². The summed E-state index contributed by atoms with van der Waals surface area (Å²) in [4.78, 5) is 1.50. The van der Waals surface area contributed by atoms with Crippen molar-refractivity contribution in [1.29, 1.82) is 0 Å². The summed E-state index contributed by atoms with van der Waals surface area (Å²) in [7, 11) is 2.05. The SMILES string of the molecule is CCCSCC(NC)c1sccc1C. The summed E-state index contributed by atoms with van der Waals surface area (Å²) < 4.78 is 0. The van der Waals surface area contributed by atoms with Gasteiger partial charge in [0.1, 0.15) is 0 Å². The number of aryl methyl sites for hydroxylation is 1. The number of hydrogen-bond donors (Lipinski definition) is 1. The summed E-state index contributed by atoms with van der Waals surface area (Å²) >= 11 is 3.90. The van der Waals surface area contributed by atoms with Gasteiger partial charge in [-0.1, -0.05) is 6.92 Å². The Morgan fingerprint density at radius 3 is 2.86 bits per heavy atom. The third-order valence-electron chi connectivity index (χ3n) is 2.20. The molecule has 1 unspecified atom stereocenters. The monoisotopic (exact) mass is 229 g/mol. The van der Waals surface area contributed by atoms with Gasteiger partial charge in [-0.3, -0.25) is 0 Å². The Labute approximate surface area is 95.3 Å². The lowest BCUT2D eigenvalue weighted by atomic mass is 10.2. The first kappa shape index (κ1) is 12.1. The first-order valence-corrected chi connectivity index (χ1v) is 7.12. The van der Waals surface area contributed by atoms with Crippen molar-refractivity contribution in [2.24, 2.45) is 0 Å². The molecule has 1 aromatic rings. The summed E-state index contributed by atoms with van der Waals surface area (Å²) in [5.41, 5.74) is 1.42.